The van der Waals surface area contributed by atoms with Crippen LogP contribution >= 0.6 is 12.6 Å². The van der Waals surface area contributed by atoms with Crippen molar-refractivity contribution in [3.8, 4) is 0 Å². The first-order chi connectivity index (χ1) is 6.99. The Morgan fingerprint density at radius 3 is 2.60 bits per heavy atom. The minimum atomic E-state index is -0.866. The fraction of sp³-hybridized carbons (Fsp3) is 0.900. The topological polar surface area (TPSA) is 46.2 Å². The normalized spacial score (nSPS) is 21.8. The highest BCUT2D eigenvalue weighted by Crippen LogP contribution is 2.49. The molecular formula is C10H19NO2S2. The Bertz CT molecular complexity index is 264. The molecular weight excluding hydrogens is 230 g/mol. The number of thiol groups is 1. The summed E-state index contributed by atoms with van der Waals surface area (Å²) >= 11 is 4.25. The van der Waals surface area contributed by atoms with E-state index in [9.17, 15) is 9.00 Å². The minimum absolute atomic E-state index is 0.0279. The van der Waals surface area contributed by atoms with Gasteiger partial charge in [0, 0.05) is 35.3 Å². The molecule has 1 saturated carbocycles. The largest absolute Gasteiger partial charge is 0.355 e. The van der Waals surface area contributed by atoms with Crippen molar-refractivity contribution in [1.29, 1.82) is 0 Å². The molecule has 15 heavy (non-hydrogen) atoms. The van der Waals surface area contributed by atoms with Gasteiger partial charge < -0.3 is 5.32 Å². The van der Waals surface area contributed by atoms with Crippen molar-refractivity contribution < 1.29 is 9.00 Å². The molecule has 0 spiro atoms. The summed E-state index contributed by atoms with van der Waals surface area (Å²) in [6, 6.07) is 0. The Morgan fingerprint density at radius 2 is 2.20 bits per heavy atom. The van der Waals surface area contributed by atoms with Crippen LogP contribution in [-0.4, -0.2) is 33.9 Å². The van der Waals surface area contributed by atoms with Gasteiger partial charge in [-0.1, -0.05) is 0 Å². The molecule has 3 nitrogen and oxygen atoms in total. The first-order valence-electron chi connectivity index (χ1n) is 5.19. The van der Waals surface area contributed by atoms with Crippen molar-refractivity contribution in [2.45, 2.75) is 31.4 Å². The Morgan fingerprint density at radius 1 is 1.60 bits per heavy atom. The summed E-state index contributed by atoms with van der Waals surface area (Å²) in [5.74, 6) is 0.856. The Kier molecular flexibility index (Phi) is 4.64. The van der Waals surface area contributed by atoms with Crippen molar-refractivity contribution in [1.82, 2.24) is 5.32 Å². The number of carbonyl (C=O) groups excluding carboxylic acids is 1. The van der Waals surface area contributed by atoms with Crippen LogP contribution in [0.5, 0.6) is 0 Å². The van der Waals surface area contributed by atoms with E-state index in [4.69, 9.17) is 0 Å². The molecule has 1 rings (SSSR count). The van der Waals surface area contributed by atoms with E-state index in [0.717, 1.165) is 18.6 Å². The second kappa shape index (κ2) is 5.34. The van der Waals surface area contributed by atoms with E-state index >= 15 is 0 Å². The molecule has 1 aliphatic carbocycles. The number of hydrogen-bond donors (Lipinski definition) is 2. The molecule has 0 saturated heterocycles. The quantitative estimate of drug-likeness (QED) is 0.689. The average molecular weight is 249 g/mol. The molecule has 2 atom stereocenters. The van der Waals surface area contributed by atoms with Crippen molar-refractivity contribution in [2.75, 3.05) is 18.6 Å². The molecule has 0 heterocycles. The standard InChI is InChI=1S/C10H19NO2S2/c1-8(15(2)13)6-11-9(12)5-10(7-14)3-4-10/h8,14H,3-7H2,1-2H3,(H,11,12). The summed E-state index contributed by atoms with van der Waals surface area (Å²) in [6.07, 6.45) is 4.45. The summed E-state index contributed by atoms with van der Waals surface area (Å²) in [4.78, 5) is 11.5. The van der Waals surface area contributed by atoms with Gasteiger partial charge >= 0.3 is 0 Å². The molecule has 0 aliphatic heterocycles. The Balaban J connectivity index is 2.22. The van der Waals surface area contributed by atoms with Gasteiger partial charge in [0.1, 0.15) is 0 Å². The van der Waals surface area contributed by atoms with Gasteiger partial charge in [-0.3, -0.25) is 9.00 Å². The van der Waals surface area contributed by atoms with E-state index in [-0.39, 0.29) is 16.6 Å². The lowest BCUT2D eigenvalue weighted by Gasteiger charge is -2.13. The fourth-order valence-electron chi connectivity index (χ4n) is 1.35. The molecule has 0 aromatic carbocycles. The first-order valence-corrected chi connectivity index (χ1v) is 7.44. The summed E-state index contributed by atoms with van der Waals surface area (Å²) in [7, 11) is -0.866. The van der Waals surface area contributed by atoms with Gasteiger partial charge in [-0.25, -0.2) is 0 Å². The monoisotopic (exact) mass is 249 g/mol. The van der Waals surface area contributed by atoms with Gasteiger partial charge in [-0.2, -0.15) is 12.6 Å². The molecule has 0 bridgehead atoms. The maximum atomic E-state index is 11.5. The number of hydrogen-bond acceptors (Lipinski definition) is 3. The lowest BCUT2D eigenvalue weighted by Crippen LogP contribution is -2.34. The zero-order chi connectivity index (χ0) is 11.5. The third-order valence-electron chi connectivity index (χ3n) is 2.98. The van der Waals surface area contributed by atoms with E-state index in [2.05, 4.69) is 17.9 Å². The third kappa shape index (κ3) is 4.15. The van der Waals surface area contributed by atoms with Crippen molar-refractivity contribution >= 4 is 29.3 Å². The Hall–Kier alpha value is -0.0300. The summed E-state index contributed by atoms with van der Waals surface area (Å²) in [5, 5.41) is 2.86. The lowest BCUT2D eigenvalue weighted by molar-refractivity contribution is -0.122. The van der Waals surface area contributed by atoms with Gasteiger partial charge in [-0.15, -0.1) is 0 Å². The lowest BCUT2D eigenvalue weighted by atomic mass is 10.1. The van der Waals surface area contributed by atoms with E-state index < -0.39 is 10.8 Å². The smallest absolute Gasteiger partial charge is 0.220 e. The molecule has 1 amide bonds. The molecule has 1 aliphatic rings. The van der Waals surface area contributed by atoms with Crippen LogP contribution in [0.1, 0.15) is 26.2 Å². The molecule has 0 aromatic rings. The van der Waals surface area contributed by atoms with E-state index in [1.54, 1.807) is 6.26 Å². The van der Waals surface area contributed by atoms with Gasteiger partial charge in [0.05, 0.1) is 0 Å². The fourth-order valence-corrected chi connectivity index (χ4v) is 2.09. The van der Waals surface area contributed by atoms with Crippen molar-refractivity contribution in [3.63, 3.8) is 0 Å². The van der Waals surface area contributed by atoms with Crippen LogP contribution in [0.15, 0.2) is 0 Å². The van der Waals surface area contributed by atoms with Gasteiger partial charge in [0.2, 0.25) is 5.91 Å². The highest BCUT2D eigenvalue weighted by atomic mass is 32.2. The maximum Gasteiger partial charge on any atom is 0.220 e. The molecule has 0 radical (unpaired) electrons. The zero-order valence-electron chi connectivity index (χ0n) is 9.28. The molecule has 0 aromatic heterocycles. The highest BCUT2D eigenvalue weighted by Gasteiger charge is 2.42. The number of nitrogens with one attached hydrogen (secondary N) is 1. The molecule has 5 heteroatoms. The average Bonchev–Trinajstić information content (AvgIpc) is 2.94. The molecule has 1 N–H and O–H groups in total. The second-order valence-electron chi connectivity index (χ2n) is 4.45. The molecule has 2 unspecified atom stereocenters. The van der Waals surface area contributed by atoms with Crippen LogP contribution in [0.2, 0.25) is 0 Å². The number of rotatable bonds is 6. The van der Waals surface area contributed by atoms with Crippen molar-refractivity contribution in [3.05, 3.63) is 0 Å². The minimum Gasteiger partial charge on any atom is -0.355 e. The maximum absolute atomic E-state index is 11.5. The van der Waals surface area contributed by atoms with E-state index in [1.165, 1.54) is 0 Å². The van der Waals surface area contributed by atoms with Gasteiger partial charge in [-0.05, 0) is 30.9 Å². The zero-order valence-corrected chi connectivity index (χ0v) is 11.0. The predicted molar refractivity (Wildman–Crippen MR) is 66.7 cm³/mol. The highest BCUT2D eigenvalue weighted by molar-refractivity contribution is 7.84. The van der Waals surface area contributed by atoms with E-state index in [1.807, 2.05) is 6.92 Å². The Labute approximate surface area is 99.3 Å². The predicted octanol–water partition coefficient (Wildman–Crippen LogP) is 0.970. The van der Waals surface area contributed by atoms with Crippen LogP contribution in [0, 0.1) is 5.41 Å². The third-order valence-corrected chi connectivity index (χ3v) is 4.95. The van der Waals surface area contributed by atoms with Crippen LogP contribution < -0.4 is 5.32 Å². The number of amides is 1. The van der Waals surface area contributed by atoms with Crippen LogP contribution in [0.3, 0.4) is 0 Å². The van der Waals surface area contributed by atoms with Gasteiger partial charge in [0.25, 0.3) is 0 Å². The SMILES string of the molecule is CC(CNC(=O)CC1(CS)CC1)S(C)=O. The first kappa shape index (κ1) is 13.0. The summed E-state index contributed by atoms with van der Waals surface area (Å²) < 4.78 is 11.1. The van der Waals surface area contributed by atoms with Crippen LogP contribution in [0.25, 0.3) is 0 Å². The van der Waals surface area contributed by atoms with Gasteiger partial charge in [0.15, 0.2) is 0 Å². The van der Waals surface area contributed by atoms with E-state index in [0.29, 0.717) is 13.0 Å². The van der Waals surface area contributed by atoms with Crippen LogP contribution in [-0.2, 0) is 15.6 Å². The molecule has 88 valence electrons. The van der Waals surface area contributed by atoms with Crippen LogP contribution in [0.4, 0.5) is 0 Å². The van der Waals surface area contributed by atoms with Crippen molar-refractivity contribution in [2.24, 2.45) is 5.41 Å². The summed E-state index contributed by atoms with van der Waals surface area (Å²) in [5.41, 5.74) is 0.168. The summed E-state index contributed by atoms with van der Waals surface area (Å²) in [6.45, 7) is 2.38. The number of carbonyl (C=O) groups is 1. The molecule has 1 fully saturated rings. The second-order valence-corrected chi connectivity index (χ2v) is 6.57.